The van der Waals surface area contributed by atoms with Gasteiger partial charge in [0.05, 0.1) is 11.4 Å². The van der Waals surface area contributed by atoms with Gasteiger partial charge in [0.2, 0.25) is 0 Å². The molecule has 1 aliphatic rings. The summed E-state index contributed by atoms with van der Waals surface area (Å²) in [4.78, 5) is 4.91. The third kappa shape index (κ3) is 5.27. The molecule has 258 valence electrons. The molecule has 0 spiro atoms. The van der Waals surface area contributed by atoms with Gasteiger partial charge in [-0.25, -0.2) is 0 Å². The molecule has 0 saturated heterocycles. The first-order valence-electron chi connectivity index (χ1n) is 18.7. The Morgan fingerprint density at radius 2 is 0.873 bits per heavy atom. The van der Waals surface area contributed by atoms with Crippen LogP contribution in [0.1, 0.15) is 0 Å². The maximum atomic E-state index is 6.90. The summed E-state index contributed by atoms with van der Waals surface area (Å²) in [6.07, 6.45) is 0. The topological polar surface area (TPSA) is 16.4 Å². The third-order valence-electron chi connectivity index (χ3n) is 10.9. The Hall–Kier alpha value is -6.81. The van der Waals surface area contributed by atoms with Gasteiger partial charge in [0.1, 0.15) is 11.3 Å². The molecule has 55 heavy (non-hydrogen) atoms. The monoisotopic (exact) mass is 719 g/mol. The van der Waals surface area contributed by atoms with Crippen molar-refractivity contribution in [3.05, 3.63) is 200 Å². The van der Waals surface area contributed by atoms with Crippen molar-refractivity contribution in [2.45, 2.75) is 9.79 Å². The second-order valence-corrected chi connectivity index (χ2v) is 15.1. The first-order chi connectivity index (χ1) is 27.3. The molecule has 9 aromatic carbocycles. The molecule has 1 aliphatic heterocycles. The van der Waals surface area contributed by atoms with Crippen LogP contribution < -0.4 is 4.90 Å². The Bertz CT molecular complexity index is 2990. The fourth-order valence-electron chi connectivity index (χ4n) is 8.27. The molecule has 1 aromatic heterocycles. The molecule has 0 atom stereocenters. The highest BCUT2D eigenvalue weighted by molar-refractivity contribution is 7.99. The van der Waals surface area contributed by atoms with Gasteiger partial charge in [0.25, 0.3) is 0 Å². The van der Waals surface area contributed by atoms with E-state index in [2.05, 4.69) is 205 Å². The summed E-state index contributed by atoms with van der Waals surface area (Å²) >= 11 is 1.84. The molecule has 10 aromatic rings. The van der Waals surface area contributed by atoms with E-state index in [1.165, 1.54) is 59.6 Å². The normalized spacial score (nSPS) is 12.3. The predicted molar refractivity (Wildman–Crippen MR) is 232 cm³/mol. The Labute approximate surface area is 323 Å². The van der Waals surface area contributed by atoms with Crippen molar-refractivity contribution in [3.63, 3.8) is 0 Å². The van der Waals surface area contributed by atoms with E-state index >= 15 is 0 Å². The smallest absolute Gasteiger partial charge is 0.143 e. The number of anilines is 3. The Balaban J connectivity index is 0.988. The molecule has 0 bridgehead atoms. The van der Waals surface area contributed by atoms with E-state index in [4.69, 9.17) is 4.42 Å². The molecule has 0 radical (unpaired) electrons. The summed E-state index contributed by atoms with van der Waals surface area (Å²) in [6.45, 7) is 0. The van der Waals surface area contributed by atoms with E-state index in [9.17, 15) is 0 Å². The first-order valence-corrected chi connectivity index (χ1v) is 19.5. The number of fused-ring (bicyclic) bond motifs is 8. The molecule has 0 unspecified atom stereocenters. The van der Waals surface area contributed by atoms with Gasteiger partial charge in [0.15, 0.2) is 0 Å². The van der Waals surface area contributed by atoms with Crippen LogP contribution in [0.2, 0.25) is 0 Å². The molecule has 0 amide bonds. The van der Waals surface area contributed by atoms with Gasteiger partial charge in [-0.15, -0.1) is 0 Å². The minimum absolute atomic E-state index is 0.900. The molecule has 2 nitrogen and oxygen atoms in total. The minimum atomic E-state index is 0.900. The molecule has 11 rings (SSSR count). The highest BCUT2D eigenvalue weighted by Crippen LogP contribution is 2.52. The van der Waals surface area contributed by atoms with Crippen LogP contribution in [0.4, 0.5) is 17.1 Å². The minimum Gasteiger partial charge on any atom is -0.455 e. The lowest BCUT2D eigenvalue weighted by molar-refractivity contribution is 0.636. The summed E-state index contributed by atoms with van der Waals surface area (Å²) in [5.74, 6) is 0.900. The van der Waals surface area contributed by atoms with Crippen LogP contribution in [0.15, 0.2) is 214 Å². The summed E-state index contributed by atoms with van der Waals surface area (Å²) in [5.41, 5.74) is 12.6. The second kappa shape index (κ2) is 12.9. The standard InChI is InChI=1S/C52H33NOS/c1-3-13-37(14-4-1)49-50-42-32-29-39(33-44(42)41-17-7-8-18-43(41)52(50)54-51(49)38-15-5-2-6-16-38)36-25-23-34(24-26-36)35-27-30-40(31-28-35)53-45-19-9-11-21-47(45)55-48-22-12-10-20-46(48)53/h1-33H. The third-order valence-corrected chi connectivity index (χ3v) is 12.0. The zero-order chi connectivity index (χ0) is 36.3. The Kier molecular flexibility index (Phi) is 7.46. The molecule has 0 aliphatic carbocycles. The SMILES string of the molecule is c1ccc(-c2oc3c4ccccc4c4cc(-c5ccc(-c6ccc(N7c8ccccc8Sc8ccccc87)cc6)cc5)ccc4c3c2-c2ccccc2)cc1. The quantitative estimate of drug-likeness (QED) is 0.165. The zero-order valence-corrected chi connectivity index (χ0v) is 30.6. The summed E-state index contributed by atoms with van der Waals surface area (Å²) < 4.78 is 6.90. The number of furan rings is 1. The van der Waals surface area contributed by atoms with Crippen LogP contribution in [0.5, 0.6) is 0 Å². The molecule has 0 fully saturated rings. The highest BCUT2D eigenvalue weighted by atomic mass is 32.2. The van der Waals surface area contributed by atoms with Crippen molar-refractivity contribution >= 4 is 61.3 Å². The van der Waals surface area contributed by atoms with E-state index < -0.39 is 0 Å². The van der Waals surface area contributed by atoms with Gasteiger partial charge in [-0.1, -0.05) is 169 Å². The van der Waals surface area contributed by atoms with Gasteiger partial charge in [-0.05, 0) is 86.4 Å². The number of hydrogen-bond acceptors (Lipinski definition) is 3. The molecule has 2 heterocycles. The van der Waals surface area contributed by atoms with Crippen molar-refractivity contribution in [2.24, 2.45) is 0 Å². The molecular weight excluding hydrogens is 687 g/mol. The van der Waals surface area contributed by atoms with Gasteiger partial charge in [-0.2, -0.15) is 0 Å². The predicted octanol–water partition coefficient (Wildman–Crippen LogP) is 15.3. The van der Waals surface area contributed by atoms with E-state index in [0.29, 0.717) is 0 Å². The van der Waals surface area contributed by atoms with Crippen molar-refractivity contribution in [1.29, 1.82) is 0 Å². The second-order valence-electron chi connectivity index (χ2n) is 14.0. The lowest BCUT2D eigenvalue weighted by atomic mass is 9.90. The van der Waals surface area contributed by atoms with Crippen LogP contribution in [-0.2, 0) is 0 Å². The van der Waals surface area contributed by atoms with Crippen LogP contribution >= 0.6 is 11.8 Å². The van der Waals surface area contributed by atoms with Crippen molar-refractivity contribution in [1.82, 2.24) is 0 Å². The molecule has 0 saturated carbocycles. The zero-order valence-electron chi connectivity index (χ0n) is 29.8. The van der Waals surface area contributed by atoms with Gasteiger partial charge < -0.3 is 9.32 Å². The van der Waals surface area contributed by atoms with E-state index in [1.807, 2.05) is 11.8 Å². The van der Waals surface area contributed by atoms with Crippen LogP contribution in [0.25, 0.3) is 77.2 Å². The number of para-hydroxylation sites is 2. The summed E-state index contributed by atoms with van der Waals surface area (Å²) in [6, 6.07) is 72.0. The van der Waals surface area contributed by atoms with Crippen molar-refractivity contribution in [2.75, 3.05) is 4.90 Å². The molecule has 0 N–H and O–H groups in total. The molecule has 3 heteroatoms. The first kappa shape index (κ1) is 31.7. The largest absolute Gasteiger partial charge is 0.455 e. The van der Waals surface area contributed by atoms with E-state index in [1.54, 1.807) is 0 Å². The number of hydrogen-bond donors (Lipinski definition) is 0. The number of nitrogens with zero attached hydrogens (tertiary/aromatic N) is 1. The lowest BCUT2D eigenvalue weighted by Crippen LogP contribution is -2.14. The molecular formula is C52H33NOS. The van der Waals surface area contributed by atoms with E-state index in [-0.39, 0.29) is 0 Å². The average Bonchev–Trinajstić information content (AvgIpc) is 3.68. The maximum Gasteiger partial charge on any atom is 0.143 e. The number of benzene rings is 9. The van der Waals surface area contributed by atoms with Gasteiger partial charge in [0, 0.05) is 37.4 Å². The Morgan fingerprint density at radius 3 is 1.53 bits per heavy atom. The Morgan fingerprint density at radius 1 is 0.364 bits per heavy atom. The fraction of sp³-hybridized carbons (Fsp3) is 0. The summed E-state index contributed by atoms with van der Waals surface area (Å²) in [7, 11) is 0. The van der Waals surface area contributed by atoms with Gasteiger partial charge >= 0.3 is 0 Å². The van der Waals surface area contributed by atoms with Crippen molar-refractivity contribution in [3.8, 4) is 44.7 Å². The maximum absolute atomic E-state index is 6.90. The summed E-state index contributed by atoms with van der Waals surface area (Å²) in [5, 5.41) is 5.87. The highest BCUT2D eigenvalue weighted by Gasteiger charge is 2.25. The average molecular weight is 720 g/mol. The lowest BCUT2D eigenvalue weighted by Gasteiger charge is -2.32. The van der Waals surface area contributed by atoms with E-state index in [0.717, 1.165) is 44.5 Å². The van der Waals surface area contributed by atoms with Gasteiger partial charge in [-0.3, -0.25) is 0 Å². The van der Waals surface area contributed by atoms with Crippen LogP contribution in [0.3, 0.4) is 0 Å². The van der Waals surface area contributed by atoms with Crippen LogP contribution in [0, 0.1) is 0 Å². The van der Waals surface area contributed by atoms with Crippen molar-refractivity contribution < 1.29 is 4.42 Å². The fourth-order valence-corrected chi connectivity index (χ4v) is 9.33. The van der Waals surface area contributed by atoms with Crippen LogP contribution in [-0.4, -0.2) is 0 Å². The number of rotatable bonds is 5.